The van der Waals surface area contributed by atoms with Crippen LogP contribution >= 0.6 is 0 Å². The Hall–Kier alpha value is -3.42. The van der Waals surface area contributed by atoms with Crippen LogP contribution in [0.15, 0.2) is 52.9 Å². The summed E-state index contributed by atoms with van der Waals surface area (Å²) in [4.78, 5) is 50.0. The maximum atomic E-state index is 13.2. The summed E-state index contributed by atoms with van der Waals surface area (Å²) in [5.74, 6) is -4.34. The van der Waals surface area contributed by atoms with Gasteiger partial charge in [0.25, 0.3) is 0 Å². The average molecular weight is 401 g/mol. The van der Waals surface area contributed by atoms with Crippen LogP contribution < -0.4 is 5.32 Å². The van der Waals surface area contributed by atoms with Crippen molar-refractivity contribution >= 4 is 23.7 Å². The molecule has 8 heteroatoms. The molecule has 1 heterocycles. The standard InChI is InChI=1S/C21H23NO7/c1-11-15(19(24)27-4)17(16(12(2)22-11)20(25)28-5)21(26)29-18(13(3)23)14-9-7-6-8-10-14/h6-10,17-18,22H,1-5H3/t18-/m1/s1. The van der Waals surface area contributed by atoms with Gasteiger partial charge in [0.1, 0.15) is 5.92 Å². The van der Waals surface area contributed by atoms with E-state index in [1.807, 2.05) is 0 Å². The second-order valence-corrected chi connectivity index (χ2v) is 6.46. The van der Waals surface area contributed by atoms with Crippen molar-refractivity contribution in [2.75, 3.05) is 14.2 Å². The number of rotatable bonds is 6. The second-order valence-electron chi connectivity index (χ2n) is 6.46. The molecule has 0 spiro atoms. The molecular formula is C21H23NO7. The van der Waals surface area contributed by atoms with Gasteiger partial charge in [0.15, 0.2) is 11.9 Å². The van der Waals surface area contributed by atoms with Gasteiger partial charge in [-0.3, -0.25) is 9.59 Å². The van der Waals surface area contributed by atoms with Crippen LogP contribution in [0.1, 0.15) is 32.4 Å². The van der Waals surface area contributed by atoms with Gasteiger partial charge < -0.3 is 19.5 Å². The van der Waals surface area contributed by atoms with Crippen LogP contribution in [0.3, 0.4) is 0 Å². The number of esters is 3. The third-order valence-electron chi connectivity index (χ3n) is 4.51. The molecule has 0 aliphatic carbocycles. The second kappa shape index (κ2) is 9.18. The highest BCUT2D eigenvalue weighted by atomic mass is 16.6. The summed E-state index contributed by atoms with van der Waals surface area (Å²) in [5, 5.41) is 2.89. The monoisotopic (exact) mass is 401 g/mol. The molecule has 1 aromatic rings. The molecule has 1 atom stereocenters. The van der Waals surface area contributed by atoms with Crippen molar-refractivity contribution in [1.29, 1.82) is 0 Å². The van der Waals surface area contributed by atoms with Crippen LogP contribution in [0.5, 0.6) is 0 Å². The number of methoxy groups -OCH3 is 2. The normalized spacial score (nSPS) is 15.3. The fraction of sp³-hybridized carbons (Fsp3) is 0.333. The lowest BCUT2D eigenvalue weighted by Crippen LogP contribution is -2.38. The molecule has 0 bridgehead atoms. The number of hydrogen-bond acceptors (Lipinski definition) is 8. The molecule has 0 radical (unpaired) electrons. The Morgan fingerprint density at radius 3 is 1.79 bits per heavy atom. The number of benzene rings is 1. The molecule has 1 N–H and O–H groups in total. The van der Waals surface area contributed by atoms with Crippen LogP contribution in [0.4, 0.5) is 0 Å². The molecule has 1 aromatic carbocycles. The first-order chi connectivity index (χ1) is 13.7. The van der Waals surface area contributed by atoms with Crippen LogP contribution in [0.2, 0.25) is 0 Å². The van der Waals surface area contributed by atoms with Gasteiger partial charge in [-0.05, 0) is 26.3 Å². The first-order valence-corrected chi connectivity index (χ1v) is 8.84. The van der Waals surface area contributed by atoms with Crippen LogP contribution in [-0.4, -0.2) is 37.9 Å². The quantitative estimate of drug-likeness (QED) is 0.569. The van der Waals surface area contributed by atoms with E-state index in [4.69, 9.17) is 14.2 Å². The van der Waals surface area contributed by atoms with E-state index in [1.165, 1.54) is 6.92 Å². The fourth-order valence-corrected chi connectivity index (χ4v) is 3.19. The van der Waals surface area contributed by atoms with E-state index in [9.17, 15) is 19.2 Å². The number of dihydropyridines is 1. The first kappa shape index (κ1) is 21.9. The van der Waals surface area contributed by atoms with E-state index in [-0.39, 0.29) is 11.1 Å². The van der Waals surface area contributed by atoms with Crippen molar-refractivity contribution in [2.24, 2.45) is 5.92 Å². The van der Waals surface area contributed by atoms with Crippen molar-refractivity contribution < 1.29 is 33.4 Å². The third-order valence-corrected chi connectivity index (χ3v) is 4.51. The Balaban J connectivity index is 2.52. The Morgan fingerprint density at radius 1 is 0.897 bits per heavy atom. The molecule has 1 aliphatic heterocycles. The number of carbonyl (C=O) groups is 4. The van der Waals surface area contributed by atoms with Crippen molar-refractivity contribution in [2.45, 2.75) is 26.9 Å². The summed E-state index contributed by atoms with van der Waals surface area (Å²) in [6.45, 7) is 4.44. The van der Waals surface area contributed by atoms with Gasteiger partial charge in [0, 0.05) is 11.4 Å². The maximum absolute atomic E-state index is 13.2. The Kier molecular flexibility index (Phi) is 6.93. The molecule has 0 fully saturated rings. The molecule has 0 saturated carbocycles. The molecule has 2 rings (SSSR count). The summed E-state index contributed by atoms with van der Waals surface area (Å²) in [6, 6.07) is 8.46. The predicted octanol–water partition coefficient (Wildman–Crippen LogP) is 1.97. The minimum atomic E-state index is -1.40. The number of allylic oxidation sites excluding steroid dienone is 2. The van der Waals surface area contributed by atoms with Crippen LogP contribution in [0.25, 0.3) is 0 Å². The van der Waals surface area contributed by atoms with Gasteiger partial charge in [0.2, 0.25) is 0 Å². The van der Waals surface area contributed by atoms with Gasteiger partial charge >= 0.3 is 17.9 Å². The number of ketones is 1. The number of nitrogens with one attached hydrogen (secondary N) is 1. The third kappa shape index (κ3) is 4.53. The van der Waals surface area contributed by atoms with Gasteiger partial charge in [-0.25, -0.2) is 9.59 Å². The summed E-state index contributed by atoms with van der Waals surface area (Å²) in [5.41, 5.74) is 0.978. The molecule has 29 heavy (non-hydrogen) atoms. The Bertz CT molecular complexity index is 861. The zero-order valence-corrected chi connectivity index (χ0v) is 16.9. The van der Waals surface area contributed by atoms with Crippen LogP contribution in [-0.2, 0) is 33.4 Å². The highest BCUT2D eigenvalue weighted by Crippen LogP contribution is 2.34. The molecule has 1 aliphatic rings. The molecule has 0 aromatic heterocycles. The lowest BCUT2D eigenvalue weighted by Gasteiger charge is -2.29. The summed E-state index contributed by atoms with van der Waals surface area (Å²) >= 11 is 0. The molecule has 0 saturated heterocycles. The fourth-order valence-electron chi connectivity index (χ4n) is 3.19. The van der Waals surface area contributed by atoms with E-state index in [1.54, 1.807) is 44.2 Å². The van der Waals surface area contributed by atoms with E-state index < -0.39 is 35.7 Å². The molecule has 0 unspecified atom stereocenters. The van der Waals surface area contributed by atoms with Gasteiger partial charge in [-0.15, -0.1) is 0 Å². The highest BCUT2D eigenvalue weighted by molar-refractivity contribution is 6.06. The van der Waals surface area contributed by atoms with E-state index in [2.05, 4.69) is 5.32 Å². The summed E-state index contributed by atoms with van der Waals surface area (Å²) in [6.07, 6.45) is -1.18. The molecule has 8 nitrogen and oxygen atoms in total. The molecule has 0 amide bonds. The highest BCUT2D eigenvalue weighted by Gasteiger charge is 2.43. The van der Waals surface area contributed by atoms with E-state index >= 15 is 0 Å². The number of hydrogen-bond donors (Lipinski definition) is 1. The summed E-state index contributed by atoms with van der Waals surface area (Å²) < 4.78 is 15.1. The van der Waals surface area contributed by atoms with Gasteiger partial charge in [-0.2, -0.15) is 0 Å². The Morgan fingerprint density at radius 2 is 1.38 bits per heavy atom. The number of ether oxygens (including phenoxy) is 3. The SMILES string of the molecule is COC(=O)C1=C(C)NC(C)=C(C(=O)OC)C1C(=O)O[C@H](C(C)=O)c1ccccc1. The van der Waals surface area contributed by atoms with E-state index in [0.29, 0.717) is 17.0 Å². The smallest absolute Gasteiger partial charge is 0.336 e. The van der Waals surface area contributed by atoms with Gasteiger partial charge in [-0.1, -0.05) is 30.3 Å². The van der Waals surface area contributed by atoms with Crippen molar-refractivity contribution in [1.82, 2.24) is 5.32 Å². The van der Waals surface area contributed by atoms with Gasteiger partial charge in [0.05, 0.1) is 25.4 Å². The number of carbonyl (C=O) groups excluding carboxylic acids is 4. The lowest BCUT2D eigenvalue weighted by molar-refractivity contribution is -0.159. The largest absolute Gasteiger partial charge is 0.466 e. The van der Waals surface area contributed by atoms with Crippen molar-refractivity contribution in [3.63, 3.8) is 0 Å². The number of Topliss-reactive ketones (excluding diaryl/α,β-unsaturated/α-hetero) is 1. The maximum Gasteiger partial charge on any atom is 0.336 e. The molecule has 154 valence electrons. The topological polar surface area (TPSA) is 108 Å². The molecular weight excluding hydrogens is 378 g/mol. The first-order valence-electron chi connectivity index (χ1n) is 8.84. The zero-order valence-electron chi connectivity index (χ0n) is 16.9. The lowest BCUT2D eigenvalue weighted by atomic mass is 9.85. The minimum absolute atomic E-state index is 0.0844. The van der Waals surface area contributed by atoms with E-state index in [0.717, 1.165) is 14.2 Å². The average Bonchev–Trinajstić information content (AvgIpc) is 2.70. The predicted molar refractivity (Wildman–Crippen MR) is 102 cm³/mol. The summed E-state index contributed by atoms with van der Waals surface area (Å²) in [7, 11) is 2.33. The van der Waals surface area contributed by atoms with Crippen molar-refractivity contribution in [3.05, 3.63) is 58.4 Å². The van der Waals surface area contributed by atoms with Crippen molar-refractivity contribution in [3.8, 4) is 0 Å². The van der Waals surface area contributed by atoms with Crippen LogP contribution in [0, 0.1) is 5.92 Å². The minimum Gasteiger partial charge on any atom is -0.466 e. The Labute approximate surface area is 168 Å². The zero-order chi connectivity index (χ0) is 21.7.